The van der Waals surface area contributed by atoms with Crippen molar-refractivity contribution in [1.82, 2.24) is 0 Å². The average molecular weight is 376 g/mol. The number of carbonyl (C=O) groups excluding carboxylic acids is 1. The highest BCUT2D eigenvalue weighted by molar-refractivity contribution is 6.30. The Morgan fingerprint density at radius 3 is 2.65 bits per heavy atom. The topological polar surface area (TPSA) is 52.0 Å². The fraction of sp³-hybridized carbons (Fsp3) is 0.350. The van der Waals surface area contributed by atoms with Crippen LogP contribution in [0.25, 0.3) is 0 Å². The molecule has 2 atom stereocenters. The van der Waals surface area contributed by atoms with Crippen molar-refractivity contribution in [3.05, 3.63) is 53.1 Å². The van der Waals surface area contributed by atoms with Gasteiger partial charge in [-0.3, -0.25) is 4.79 Å². The maximum atomic E-state index is 12.5. The highest BCUT2D eigenvalue weighted by atomic mass is 35.5. The van der Waals surface area contributed by atoms with Gasteiger partial charge >= 0.3 is 0 Å². The minimum Gasteiger partial charge on any atom is -0.497 e. The van der Waals surface area contributed by atoms with E-state index in [4.69, 9.17) is 21.1 Å². The van der Waals surface area contributed by atoms with Crippen LogP contribution in [0.3, 0.4) is 0 Å². The third kappa shape index (κ3) is 4.29. The van der Waals surface area contributed by atoms with Crippen molar-refractivity contribution in [2.75, 3.05) is 32.6 Å². The summed E-state index contributed by atoms with van der Waals surface area (Å²) in [7, 11) is 3.31. The molecule has 5 nitrogen and oxygen atoms in total. The Labute approximate surface area is 158 Å². The van der Waals surface area contributed by atoms with Crippen LogP contribution in [0.15, 0.2) is 42.5 Å². The lowest BCUT2D eigenvalue weighted by Crippen LogP contribution is -3.11. The van der Waals surface area contributed by atoms with E-state index in [1.54, 1.807) is 26.4 Å². The second-order valence-corrected chi connectivity index (χ2v) is 6.88. The summed E-state index contributed by atoms with van der Waals surface area (Å²) in [5.74, 6) is 1.58. The molecule has 1 saturated heterocycles. The van der Waals surface area contributed by atoms with Crippen LogP contribution in [0.1, 0.15) is 24.4 Å². The third-order valence-electron chi connectivity index (χ3n) is 4.82. The first kappa shape index (κ1) is 18.5. The van der Waals surface area contributed by atoms with Crippen molar-refractivity contribution in [1.29, 1.82) is 0 Å². The smallest absolute Gasteiger partial charge is 0.279 e. The largest absolute Gasteiger partial charge is 0.497 e. The Hall–Kier alpha value is -2.24. The predicted molar refractivity (Wildman–Crippen MR) is 102 cm³/mol. The molecule has 0 spiro atoms. The summed E-state index contributed by atoms with van der Waals surface area (Å²) in [6.07, 6.45) is 2.12. The van der Waals surface area contributed by atoms with E-state index in [1.165, 1.54) is 4.90 Å². The van der Waals surface area contributed by atoms with Crippen molar-refractivity contribution >= 4 is 23.2 Å². The van der Waals surface area contributed by atoms with Gasteiger partial charge in [-0.1, -0.05) is 11.6 Å². The summed E-state index contributed by atoms with van der Waals surface area (Å²) in [5.41, 5.74) is 1.89. The Kier molecular flexibility index (Phi) is 6.01. The molecule has 2 aromatic rings. The second-order valence-electron chi connectivity index (χ2n) is 6.44. The van der Waals surface area contributed by atoms with E-state index in [-0.39, 0.29) is 11.9 Å². The molecule has 3 rings (SSSR count). The summed E-state index contributed by atoms with van der Waals surface area (Å²) in [6.45, 7) is 1.39. The number of anilines is 1. The van der Waals surface area contributed by atoms with Gasteiger partial charge in [-0.15, -0.1) is 0 Å². The van der Waals surface area contributed by atoms with Gasteiger partial charge in [-0.05, 0) is 36.4 Å². The van der Waals surface area contributed by atoms with Crippen molar-refractivity contribution in [3.63, 3.8) is 0 Å². The summed E-state index contributed by atoms with van der Waals surface area (Å²) in [6, 6.07) is 13.3. The summed E-state index contributed by atoms with van der Waals surface area (Å²) in [4.78, 5) is 13.7. The summed E-state index contributed by atoms with van der Waals surface area (Å²) in [5, 5.41) is 3.60. The van der Waals surface area contributed by atoms with E-state index in [0.29, 0.717) is 11.6 Å². The Bertz CT molecular complexity index is 764. The van der Waals surface area contributed by atoms with E-state index in [0.717, 1.165) is 42.1 Å². The Balaban J connectivity index is 1.70. The number of halogens is 1. The van der Waals surface area contributed by atoms with E-state index < -0.39 is 0 Å². The molecule has 1 amide bonds. The normalized spacial score (nSPS) is 19.2. The van der Waals surface area contributed by atoms with Crippen LogP contribution < -0.4 is 19.7 Å². The van der Waals surface area contributed by atoms with Crippen LogP contribution in [0.4, 0.5) is 5.69 Å². The molecule has 0 saturated carbocycles. The molecule has 2 N–H and O–H groups in total. The van der Waals surface area contributed by atoms with Gasteiger partial charge in [0, 0.05) is 29.6 Å². The van der Waals surface area contributed by atoms with E-state index in [2.05, 4.69) is 5.32 Å². The molecular weight excluding hydrogens is 352 g/mol. The predicted octanol–water partition coefficient (Wildman–Crippen LogP) is 2.72. The standard InChI is InChI=1S/C20H23ClN2O3/c1-25-16-9-10-17(19(12-16)26-2)18-4-3-11-23(18)13-20(24)22-15-7-5-14(21)6-8-15/h5-10,12,18H,3-4,11,13H2,1-2H3,(H,22,24)/p+1/t18-/m0/s1. The number of carbonyl (C=O) groups is 1. The van der Waals surface area contributed by atoms with Crippen LogP contribution in [0.2, 0.25) is 5.02 Å². The summed E-state index contributed by atoms with van der Waals surface area (Å²) >= 11 is 5.89. The lowest BCUT2D eigenvalue weighted by Gasteiger charge is -2.23. The zero-order valence-electron chi connectivity index (χ0n) is 15.0. The van der Waals surface area contributed by atoms with Gasteiger partial charge in [0.25, 0.3) is 5.91 Å². The van der Waals surface area contributed by atoms with Gasteiger partial charge in [0.2, 0.25) is 0 Å². The number of quaternary nitrogens is 1. The first-order chi connectivity index (χ1) is 12.6. The van der Waals surface area contributed by atoms with E-state index >= 15 is 0 Å². The molecule has 0 radical (unpaired) electrons. The molecule has 1 aliphatic rings. The monoisotopic (exact) mass is 375 g/mol. The van der Waals surface area contributed by atoms with Crippen LogP contribution in [-0.2, 0) is 4.79 Å². The second kappa shape index (κ2) is 8.43. The van der Waals surface area contributed by atoms with Crippen molar-refractivity contribution < 1.29 is 19.2 Å². The Morgan fingerprint density at radius 1 is 1.19 bits per heavy atom. The van der Waals surface area contributed by atoms with E-state index in [9.17, 15) is 4.79 Å². The van der Waals surface area contributed by atoms with Crippen LogP contribution in [-0.4, -0.2) is 33.2 Å². The number of likely N-dealkylation sites (tertiary alicyclic amines) is 1. The number of ether oxygens (including phenoxy) is 2. The first-order valence-electron chi connectivity index (χ1n) is 8.72. The van der Waals surface area contributed by atoms with Gasteiger partial charge in [0.05, 0.1) is 26.3 Å². The number of hydrogen-bond acceptors (Lipinski definition) is 3. The molecular formula is C20H24ClN2O3+. The van der Waals surface area contributed by atoms with Crippen LogP contribution in [0.5, 0.6) is 11.5 Å². The zero-order chi connectivity index (χ0) is 18.5. The number of amides is 1. The summed E-state index contributed by atoms with van der Waals surface area (Å²) < 4.78 is 10.8. The fourth-order valence-electron chi connectivity index (χ4n) is 3.55. The lowest BCUT2D eigenvalue weighted by atomic mass is 10.0. The van der Waals surface area contributed by atoms with Gasteiger partial charge < -0.3 is 19.7 Å². The molecule has 138 valence electrons. The molecule has 6 heteroatoms. The van der Waals surface area contributed by atoms with Gasteiger partial charge in [0.15, 0.2) is 6.54 Å². The molecule has 2 aromatic carbocycles. The van der Waals surface area contributed by atoms with Crippen molar-refractivity contribution in [2.45, 2.75) is 18.9 Å². The molecule has 1 heterocycles. The quantitative estimate of drug-likeness (QED) is 0.816. The number of methoxy groups -OCH3 is 2. The SMILES string of the molecule is COc1ccc([C@@H]2CCC[NH+]2CC(=O)Nc2ccc(Cl)cc2)c(OC)c1. The van der Waals surface area contributed by atoms with Crippen LogP contribution >= 0.6 is 11.6 Å². The van der Waals surface area contributed by atoms with Gasteiger partial charge in [0.1, 0.15) is 17.5 Å². The first-order valence-corrected chi connectivity index (χ1v) is 9.10. The molecule has 0 bridgehead atoms. The molecule has 1 fully saturated rings. The fourth-order valence-corrected chi connectivity index (χ4v) is 3.68. The number of rotatable bonds is 6. The zero-order valence-corrected chi connectivity index (χ0v) is 15.8. The van der Waals surface area contributed by atoms with Gasteiger partial charge in [-0.25, -0.2) is 0 Å². The number of hydrogen-bond donors (Lipinski definition) is 2. The molecule has 1 aliphatic heterocycles. The van der Waals surface area contributed by atoms with E-state index in [1.807, 2.05) is 30.3 Å². The lowest BCUT2D eigenvalue weighted by molar-refractivity contribution is -0.910. The van der Waals surface area contributed by atoms with Crippen molar-refractivity contribution in [3.8, 4) is 11.5 Å². The minimum atomic E-state index is 0.00157. The highest BCUT2D eigenvalue weighted by Gasteiger charge is 2.33. The number of benzene rings is 2. The third-order valence-corrected chi connectivity index (χ3v) is 5.07. The highest BCUT2D eigenvalue weighted by Crippen LogP contribution is 2.31. The van der Waals surface area contributed by atoms with Gasteiger partial charge in [-0.2, -0.15) is 0 Å². The Morgan fingerprint density at radius 2 is 1.96 bits per heavy atom. The molecule has 1 unspecified atom stereocenters. The average Bonchev–Trinajstić information content (AvgIpc) is 3.10. The maximum Gasteiger partial charge on any atom is 0.279 e. The molecule has 0 aromatic heterocycles. The van der Waals surface area contributed by atoms with Crippen molar-refractivity contribution in [2.24, 2.45) is 0 Å². The maximum absolute atomic E-state index is 12.5. The minimum absolute atomic E-state index is 0.00157. The number of nitrogens with one attached hydrogen (secondary N) is 2. The van der Waals surface area contributed by atoms with Crippen LogP contribution in [0, 0.1) is 0 Å². The molecule has 0 aliphatic carbocycles. The molecule has 26 heavy (non-hydrogen) atoms.